The van der Waals surface area contributed by atoms with Gasteiger partial charge in [-0.3, -0.25) is 0 Å². The Hall–Kier alpha value is -1.94. The van der Waals surface area contributed by atoms with Crippen molar-refractivity contribution < 1.29 is 4.43 Å². The average molecular weight is 443 g/mol. The molecule has 0 heterocycles. The molecule has 0 saturated heterocycles. The maximum absolute atomic E-state index is 7.14. The van der Waals surface area contributed by atoms with Crippen LogP contribution in [0.15, 0.2) is 91.0 Å². The Balaban J connectivity index is 0.00000216. The summed E-state index contributed by atoms with van der Waals surface area (Å²) in [4.78, 5) is 0. The Labute approximate surface area is 214 Å². The third kappa shape index (κ3) is 3.20. The van der Waals surface area contributed by atoms with Gasteiger partial charge in [0.15, 0.2) is 0 Å². The topological polar surface area (TPSA) is 9.23 Å². The summed E-state index contributed by atoms with van der Waals surface area (Å²) in [5.74, 6) is 0. The van der Waals surface area contributed by atoms with E-state index < -0.39 is 8.32 Å². The molecule has 3 aromatic carbocycles. The molecule has 0 fully saturated rings. The van der Waals surface area contributed by atoms with E-state index in [1.54, 1.807) is 0 Å². The van der Waals surface area contributed by atoms with Crippen LogP contribution < -0.4 is 0 Å². The molecule has 6 rings (SSSR count). The van der Waals surface area contributed by atoms with Crippen molar-refractivity contribution in [2.45, 2.75) is 23.5 Å². The summed E-state index contributed by atoms with van der Waals surface area (Å²) < 4.78 is 7.14. The van der Waals surface area contributed by atoms with Gasteiger partial charge in [-0.25, -0.2) is 0 Å². The van der Waals surface area contributed by atoms with E-state index in [2.05, 4.69) is 116 Å². The Morgan fingerprint density at radius 3 is 1.28 bits per heavy atom. The van der Waals surface area contributed by atoms with Crippen LogP contribution in [0.25, 0.3) is 18.2 Å². The first-order chi connectivity index (χ1) is 15.3. The second-order valence-electron chi connectivity index (χ2n) is 8.68. The van der Waals surface area contributed by atoms with E-state index >= 15 is 0 Å². The van der Waals surface area contributed by atoms with Gasteiger partial charge in [0.1, 0.15) is 0 Å². The number of fused-ring (bicyclic) bond motifs is 3. The van der Waals surface area contributed by atoms with Crippen LogP contribution in [0.1, 0.15) is 56.9 Å². The Bertz CT molecular complexity index is 1090. The van der Waals surface area contributed by atoms with Crippen LogP contribution in [0, 0.1) is 0 Å². The number of benzene rings is 3. The molecular formula is C29H27NaOSi. The van der Waals surface area contributed by atoms with Crippen molar-refractivity contribution in [2.24, 2.45) is 0 Å². The number of hydrogen-bond acceptors (Lipinski definition) is 1. The van der Waals surface area contributed by atoms with Gasteiger partial charge in [0.05, 0.1) is 0 Å². The van der Waals surface area contributed by atoms with Gasteiger partial charge >= 0.3 is 29.6 Å². The fourth-order valence-corrected chi connectivity index (χ4v) is 11.7. The van der Waals surface area contributed by atoms with Gasteiger partial charge in [0, 0.05) is 23.2 Å². The normalized spacial score (nSPS) is 23.3. The van der Waals surface area contributed by atoms with Crippen molar-refractivity contribution >= 4 is 56.1 Å². The van der Waals surface area contributed by atoms with Crippen molar-refractivity contribution in [1.29, 1.82) is 0 Å². The van der Waals surface area contributed by atoms with Crippen molar-refractivity contribution in [1.82, 2.24) is 0 Å². The maximum atomic E-state index is 7.14. The van der Waals surface area contributed by atoms with Crippen LogP contribution in [-0.4, -0.2) is 44.5 Å². The minimum atomic E-state index is -2.51. The van der Waals surface area contributed by atoms with Crippen LogP contribution in [-0.2, 0) is 4.43 Å². The predicted octanol–water partition coefficient (Wildman–Crippen LogP) is 6.37. The van der Waals surface area contributed by atoms with Gasteiger partial charge in [0.2, 0.25) is 8.32 Å². The van der Waals surface area contributed by atoms with Crippen LogP contribution >= 0.6 is 0 Å². The van der Waals surface area contributed by atoms with Gasteiger partial charge < -0.3 is 4.43 Å². The molecule has 0 N–H and O–H groups in total. The molecule has 1 nitrogen and oxygen atoms in total. The molecule has 0 saturated carbocycles. The molecule has 0 amide bonds. The molecule has 32 heavy (non-hydrogen) atoms. The predicted molar refractivity (Wildman–Crippen MR) is 139 cm³/mol. The van der Waals surface area contributed by atoms with E-state index in [1.807, 2.05) is 0 Å². The summed E-state index contributed by atoms with van der Waals surface area (Å²) in [5.41, 5.74) is 9.24. The average Bonchev–Trinajstić information content (AvgIpc) is 3.54. The molecule has 3 unspecified atom stereocenters. The summed E-state index contributed by atoms with van der Waals surface area (Å²) >= 11 is 0. The third-order valence-electron chi connectivity index (χ3n) is 7.25. The van der Waals surface area contributed by atoms with E-state index in [4.69, 9.17) is 4.43 Å². The molecule has 3 aliphatic carbocycles. The van der Waals surface area contributed by atoms with E-state index in [1.165, 1.54) is 33.4 Å². The number of allylic oxidation sites excluding steroid dienone is 3. The molecule has 3 aromatic rings. The second kappa shape index (κ2) is 8.77. The first-order valence-electron chi connectivity index (χ1n) is 11.3. The number of hydrogen-bond donors (Lipinski definition) is 0. The minimum absolute atomic E-state index is 0. The Morgan fingerprint density at radius 2 is 0.938 bits per heavy atom. The quantitative estimate of drug-likeness (QED) is 0.417. The molecule has 0 radical (unpaired) electrons. The Kier molecular flexibility index (Phi) is 6.00. The van der Waals surface area contributed by atoms with Gasteiger partial charge in [0.25, 0.3) is 0 Å². The molecule has 3 heteroatoms. The first-order valence-corrected chi connectivity index (χ1v) is 13.4. The number of rotatable bonds is 5. The summed E-state index contributed by atoms with van der Waals surface area (Å²) in [6, 6.07) is 26.7. The molecule has 0 spiro atoms. The zero-order valence-corrected chi connectivity index (χ0v) is 18.7. The van der Waals surface area contributed by atoms with E-state index in [0.29, 0.717) is 16.6 Å². The van der Waals surface area contributed by atoms with Crippen LogP contribution in [0.3, 0.4) is 0 Å². The molecule has 3 aliphatic rings. The zero-order valence-electron chi connectivity index (χ0n) is 17.7. The summed E-state index contributed by atoms with van der Waals surface area (Å²) in [6.45, 7) is 2.90. The van der Waals surface area contributed by atoms with Crippen LogP contribution in [0.2, 0.25) is 0 Å². The van der Waals surface area contributed by atoms with E-state index in [0.717, 1.165) is 6.61 Å². The second-order valence-corrected chi connectivity index (χ2v) is 12.5. The molecule has 154 valence electrons. The molecule has 0 aromatic heterocycles. The standard InChI is InChI=1S/C29H26OSi.Na.H/c1-2-30-31(27-18-15-21-9-3-6-12-24(21)27,28-19-16-22-10-4-7-13-25(22)28)29-20-17-23-11-5-8-14-26(23)29;;/h3-20,27-29H,2H2,1H3;;. The van der Waals surface area contributed by atoms with Crippen molar-refractivity contribution in [2.75, 3.05) is 6.61 Å². The summed E-state index contributed by atoms with van der Waals surface area (Å²) in [6.07, 6.45) is 14.3. The van der Waals surface area contributed by atoms with E-state index in [-0.39, 0.29) is 29.6 Å². The fourth-order valence-electron chi connectivity index (χ4n) is 6.03. The van der Waals surface area contributed by atoms with E-state index in [9.17, 15) is 0 Å². The van der Waals surface area contributed by atoms with Gasteiger partial charge in [-0.05, 0) is 40.3 Å². The van der Waals surface area contributed by atoms with Crippen molar-refractivity contribution in [3.05, 3.63) is 124 Å². The SMILES string of the molecule is CCO[Si](C1C=Cc2ccccc21)(C1C=Cc2ccccc21)C1C=Cc2ccccc21.[NaH]. The van der Waals surface area contributed by atoms with Gasteiger partial charge in [-0.1, -0.05) is 109 Å². The zero-order chi connectivity index (χ0) is 20.8. The van der Waals surface area contributed by atoms with Gasteiger partial charge in [-0.2, -0.15) is 0 Å². The summed E-state index contributed by atoms with van der Waals surface area (Å²) in [5, 5.41) is 0. The molecular weight excluding hydrogens is 415 g/mol. The van der Waals surface area contributed by atoms with Crippen molar-refractivity contribution in [3.63, 3.8) is 0 Å². The van der Waals surface area contributed by atoms with Crippen molar-refractivity contribution in [3.8, 4) is 0 Å². The fraction of sp³-hybridized carbons (Fsp3) is 0.172. The van der Waals surface area contributed by atoms with Crippen LogP contribution in [0.4, 0.5) is 0 Å². The molecule has 0 aliphatic heterocycles. The summed E-state index contributed by atoms with van der Waals surface area (Å²) in [7, 11) is -2.51. The third-order valence-corrected chi connectivity index (χ3v) is 12.5. The molecule has 3 atom stereocenters. The first kappa shape index (κ1) is 21.9. The van der Waals surface area contributed by atoms with Gasteiger partial charge in [-0.15, -0.1) is 0 Å². The molecule has 0 bridgehead atoms. The monoisotopic (exact) mass is 442 g/mol. The van der Waals surface area contributed by atoms with Crippen LogP contribution in [0.5, 0.6) is 0 Å². The Morgan fingerprint density at radius 1 is 0.594 bits per heavy atom.